The van der Waals surface area contributed by atoms with E-state index in [1.54, 1.807) is 0 Å². The number of hydrogen-bond acceptors (Lipinski definition) is 6. The predicted molar refractivity (Wildman–Crippen MR) is 192 cm³/mol. The molecule has 0 bridgehead atoms. The van der Waals surface area contributed by atoms with Crippen LogP contribution in [0.3, 0.4) is 0 Å². The van der Waals surface area contributed by atoms with E-state index in [1.165, 1.54) is 138 Å². The van der Waals surface area contributed by atoms with Crippen molar-refractivity contribution in [3.8, 4) is 22.8 Å². The van der Waals surface area contributed by atoms with E-state index in [0.717, 1.165) is 24.2 Å². The summed E-state index contributed by atoms with van der Waals surface area (Å²) in [6.45, 7) is 4.56. The number of aromatic nitrogens is 4. The van der Waals surface area contributed by atoms with Gasteiger partial charge >= 0.3 is 11.9 Å². The summed E-state index contributed by atoms with van der Waals surface area (Å²) < 4.78 is 0. The molecule has 0 amide bonds. The summed E-state index contributed by atoms with van der Waals surface area (Å²) in [6, 6.07) is 14.2. The smallest absolute Gasteiger partial charge is 0.335 e. The lowest BCUT2D eigenvalue weighted by Gasteiger charge is -2.07. The Morgan fingerprint density at radius 1 is 0.458 bits per heavy atom. The van der Waals surface area contributed by atoms with Gasteiger partial charge in [0, 0.05) is 24.8 Å². The molecule has 0 saturated carbocycles. The SMILES string of the molecule is CCCCCCCCCc1ccnc(-c2cc(CCCCCCCCC)ccn2)c1.O=C(O)c1ccnc(-c2cc(C(=O)O)ccn2)c1. The van der Waals surface area contributed by atoms with Crippen LogP contribution in [0.4, 0.5) is 0 Å². The molecule has 0 aliphatic carbocycles. The van der Waals surface area contributed by atoms with E-state index >= 15 is 0 Å². The molecule has 4 aromatic rings. The lowest BCUT2D eigenvalue weighted by atomic mass is 10.0. The highest BCUT2D eigenvalue weighted by atomic mass is 16.4. The van der Waals surface area contributed by atoms with Gasteiger partial charge < -0.3 is 10.2 Å². The Morgan fingerprint density at radius 2 is 0.771 bits per heavy atom. The Kier molecular flexibility index (Phi) is 17.5. The molecule has 0 aromatic carbocycles. The molecule has 48 heavy (non-hydrogen) atoms. The minimum atomic E-state index is -1.08. The van der Waals surface area contributed by atoms with Crippen LogP contribution in [0.5, 0.6) is 0 Å². The van der Waals surface area contributed by atoms with Crippen LogP contribution in [-0.4, -0.2) is 42.1 Å². The van der Waals surface area contributed by atoms with Crippen LogP contribution in [0.2, 0.25) is 0 Å². The first-order valence-corrected chi connectivity index (χ1v) is 17.7. The van der Waals surface area contributed by atoms with E-state index in [0.29, 0.717) is 11.4 Å². The van der Waals surface area contributed by atoms with E-state index in [1.807, 2.05) is 12.4 Å². The van der Waals surface area contributed by atoms with Gasteiger partial charge in [0.2, 0.25) is 0 Å². The average Bonchev–Trinajstić information content (AvgIpc) is 3.11. The number of aryl methyl sites for hydroxylation is 2. The Hall–Kier alpha value is -4.46. The molecule has 4 aromatic heterocycles. The van der Waals surface area contributed by atoms with Crippen molar-refractivity contribution >= 4 is 11.9 Å². The molecule has 2 N–H and O–H groups in total. The molecule has 0 spiro atoms. The molecule has 0 unspecified atom stereocenters. The minimum absolute atomic E-state index is 0.0718. The molecule has 0 fully saturated rings. The highest BCUT2D eigenvalue weighted by molar-refractivity contribution is 5.90. The summed E-state index contributed by atoms with van der Waals surface area (Å²) in [7, 11) is 0. The zero-order valence-electron chi connectivity index (χ0n) is 28.7. The highest BCUT2D eigenvalue weighted by Gasteiger charge is 2.10. The standard InChI is InChI=1S/C28H44N2.C12H8N2O4/c1-3-5-7-9-11-13-15-17-25-19-21-29-27(23-25)28-24-26(20-22-30-28)18-16-14-12-10-8-6-4-2;15-11(16)7-1-3-13-9(5-7)10-6-8(12(17)18)2-4-14-10/h19-24H,3-18H2,1-2H3;1-6H,(H,15,16)(H,17,18). The van der Waals surface area contributed by atoms with Crippen molar-refractivity contribution in [3.63, 3.8) is 0 Å². The monoisotopic (exact) mass is 652 g/mol. The maximum absolute atomic E-state index is 10.8. The number of pyridine rings is 4. The maximum Gasteiger partial charge on any atom is 0.335 e. The third kappa shape index (κ3) is 14.1. The number of hydrogen-bond donors (Lipinski definition) is 2. The van der Waals surface area contributed by atoms with Gasteiger partial charge in [-0.2, -0.15) is 0 Å². The topological polar surface area (TPSA) is 126 Å². The van der Waals surface area contributed by atoms with Crippen molar-refractivity contribution in [2.24, 2.45) is 0 Å². The summed E-state index contributed by atoms with van der Waals surface area (Å²) >= 11 is 0. The van der Waals surface area contributed by atoms with E-state index in [-0.39, 0.29) is 11.1 Å². The van der Waals surface area contributed by atoms with Gasteiger partial charge in [0.15, 0.2) is 0 Å². The quantitative estimate of drug-likeness (QED) is 0.0903. The molecule has 256 valence electrons. The first-order valence-electron chi connectivity index (χ1n) is 17.7. The number of carbonyl (C=O) groups is 2. The summed E-state index contributed by atoms with van der Waals surface area (Å²) in [5.74, 6) is -2.15. The van der Waals surface area contributed by atoms with Gasteiger partial charge in [-0.05, 0) is 85.3 Å². The van der Waals surface area contributed by atoms with E-state index in [4.69, 9.17) is 10.2 Å². The molecule has 0 aliphatic heterocycles. The first kappa shape index (κ1) is 38.0. The fraction of sp³-hybridized carbons (Fsp3) is 0.450. The summed E-state index contributed by atoms with van der Waals surface area (Å²) in [5, 5.41) is 17.7. The third-order valence-electron chi connectivity index (χ3n) is 8.33. The van der Waals surface area contributed by atoms with E-state index in [2.05, 4.69) is 58.0 Å². The van der Waals surface area contributed by atoms with Gasteiger partial charge in [-0.1, -0.05) is 90.9 Å². The van der Waals surface area contributed by atoms with Gasteiger partial charge in [-0.25, -0.2) is 9.59 Å². The van der Waals surface area contributed by atoms with Crippen LogP contribution in [0.15, 0.2) is 73.3 Å². The zero-order valence-corrected chi connectivity index (χ0v) is 28.7. The Labute approximate surface area is 286 Å². The molecule has 8 heteroatoms. The Bertz CT molecular complexity index is 1430. The maximum atomic E-state index is 10.8. The van der Waals surface area contributed by atoms with E-state index in [9.17, 15) is 9.59 Å². The van der Waals surface area contributed by atoms with Crippen molar-refractivity contribution in [3.05, 3.63) is 95.6 Å². The van der Waals surface area contributed by atoms with Crippen molar-refractivity contribution in [2.45, 2.75) is 117 Å². The third-order valence-corrected chi connectivity index (χ3v) is 8.33. The van der Waals surface area contributed by atoms with E-state index < -0.39 is 11.9 Å². The number of rotatable bonds is 20. The van der Waals surface area contributed by atoms with Crippen molar-refractivity contribution in [1.82, 2.24) is 19.9 Å². The average molecular weight is 653 g/mol. The summed E-state index contributed by atoms with van der Waals surface area (Å²) in [5.41, 5.74) is 5.62. The van der Waals surface area contributed by atoms with Crippen LogP contribution in [0, 0.1) is 0 Å². The summed E-state index contributed by atoms with van der Waals surface area (Å²) in [6.07, 6.45) is 27.9. The first-order chi connectivity index (χ1) is 23.4. The van der Waals surface area contributed by atoms with Gasteiger partial charge in [0.1, 0.15) is 0 Å². The van der Waals surface area contributed by atoms with Crippen LogP contribution in [0.25, 0.3) is 22.8 Å². The molecule has 8 nitrogen and oxygen atoms in total. The molecule has 0 radical (unpaired) electrons. The normalized spacial score (nSPS) is 10.7. The summed E-state index contributed by atoms with van der Waals surface area (Å²) in [4.78, 5) is 38.8. The molecular weight excluding hydrogens is 600 g/mol. The molecule has 0 saturated heterocycles. The Morgan fingerprint density at radius 3 is 1.12 bits per heavy atom. The lowest BCUT2D eigenvalue weighted by Crippen LogP contribution is -2.00. The number of carboxylic acids is 2. The predicted octanol–water partition coefficient (Wildman–Crippen LogP) is 10.3. The number of aromatic carboxylic acids is 2. The van der Waals surface area contributed by atoms with Gasteiger partial charge in [-0.3, -0.25) is 19.9 Å². The fourth-order valence-electron chi connectivity index (χ4n) is 5.52. The molecule has 0 aliphatic rings. The number of carboxylic acid groups (broad SMARTS) is 2. The van der Waals surface area contributed by atoms with Crippen molar-refractivity contribution in [2.75, 3.05) is 0 Å². The zero-order chi connectivity index (χ0) is 34.4. The fourth-order valence-corrected chi connectivity index (χ4v) is 5.52. The van der Waals surface area contributed by atoms with Crippen molar-refractivity contribution < 1.29 is 19.8 Å². The number of unbranched alkanes of at least 4 members (excludes halogenated alkanes) is 12. The second-order valence-corrected chi connectivity index (χ2v) is 12.3. The second-order valence-electron chi connectivity index (χ2n) is 12.3. The van der Waals surface area contributed by atoms with Gasteiger partial charge in [-0.15, -0.1) is 0 Å². The van der Waals surface area contributed by atoms with Gasteiger partial charge in [0.05, 0.1) is 33.9 Å². The Balaban J connectivity index is 0.000000294. The van der Waals surface area contributed by atoms with Gasteiger partial charge in [0.25, 0.3) is 0 Å². The van der Waals surface area contributed by atoms with Crippen LogP contribution in [0.1, 0.15) is 136 Å². The largest absolute Gasteiger partial charge is 0.478 e. The van der Waals surface area contributed by atoms with Crippen LogP contribution >= 0.6 is 0 Å². The molecule has 4 rings (SSSR count). The molecular formula is C40H52N4O4. The highest BCUT2D eigenvalue weighted by Crippen LogP contribution is 2.20. The number of nitrogens with zero attached hydrogens (tertiary/aromatic N) is 4. The minimum Gasteiger partial charge on any atom is -0.478 e. The van der Waals surface area contributed by atoms with Crippen molar-refractivity contribution in [1.29, 1.82) is 0 Å². The lowest BCUT2D eigenvalue weighted by molar-refractivity contribution is 0.0686. The molecule has 0 atom stereocenters. The second kappa shape index (κ2) is 22.2. The molecule has 4 heterocycles. The van der Waals surface area contributed by atoms with Crippen LogP contribution in [-0.2, 0) is 12.8 Å². The van der Waals surface area contributed by atoms with Crippen LogP contribution < -0.4 is 0 Å².